The van der Waals surface area contributed by atoms with Gasteiger partial charge in [0.15, 0.2) is 0 Å². The number of rotatable bonds is 5. The molecule has 0 saturated carbocycles. The predicted octanol–water partition coefficient (Wildman–Crippen LogP) is 2.04. The van der Waals surface area contributed by atoms with Gasteiger partial charge in [-0.25, -0.2) is 0 Å². The summed E-state index contributed by atoms with van der Waals surface area (Å²) in [5.74, 6) is 2.58. The molecule has 0 aliphatic carbocycles. The highest BCUT2D eigenvalue weighted by Gasteiger charge is 2.29. The zero-order chi connectivity index (χ0) is 19.5. The summed E-state index contributed by atoms with van der Waals surface area (Å²) in [6, 6.07) is 1.81. The third-order valence-electron chi connectivity index (χ3n) is 6.19. The van der Waals surface area contributed by atoms with E-state index in [1.165, 1.54) is 19.3 Å². The van der Waals surface area contributed by atoms with E-state index in [0.717, 1.165) is 57.2 Å². The molecule has 4 heterocycles. The van der Waals surface area contributed by atoms with Crippen LogP contribution in [0.3, 0.4) is 0 Å². The molecule has 8 nitrogen and oxygen atoms in total. The fraction of sp³-hybridized carbons (Fsp3) is 0.700. The number of carbonyl (C=O) groups is 1. The van der Waals surface area contributed by atoms with Gasteiger partial charge in [0, 0.05) is 38.8 Å². The quantitative estimate of drug-likeness (QED) is 0.788. The summed E-state index contributed by atoms with van der Waals surface area (Å²) in [5, 5.41) is 13.2. The molecule has 152 valence electrons. The topological polar surface area (TPSA) is 72.1 Å². The van der Waals surface area contributed by atoms with Gasteiger partial charge in [0.05, 0.1) is 6.54 Å². The summed E-state index contributed by atoms with van der Waals surface area (Å²) in [4.78, 5) is 17.2. The Morgan fingerprint density at radius 3 is 2.57 bits per heavy atom. The molecule has 0 atom stereocenters. The third-order valence-corrected chi connectivity index (χ3v) is 6.19. The van der Waals surface area contributed by atoms with E-state index in [1.54, 1.807) is 10.9 Å². The minimum Gasteiger partial charge on any atom is -0.337 e. The Hall–Kier alpha value is -2.22. The van der Waals surface area contributed by atoms with E-state index >= 15 is 0 Å². The predicted molar refractivity (Wildman–Crippen MR) is 106 cm³/mol. The van der Waals surface area contributed by atoms with Crippen molar-refractivity contribution >= 4 is 5.91 Å². The van der Waals surface area contributed by atoms with Gasteiger partial charge in [-0.2, -0.15) is 5.10 Å². The monoisotopic (exact) mass is 385 g/mol. The van der Waals surface area contributed by atoms with Crippen LogP contribution in [0.15, 0.2) is 12.3 Å². The van der Waals surface area contributed by atoms with Crippen molar-refractivity contribution in [2.24, 2.45) is 7.05 Å². The summed E-state index contributed by atoms with van der Waals surface area (Å²) < 4.78 is 3.95. The normalized spacial score (nSPS) is 19.3. The molecule has 2 fully saturated rings. The van der Waals surface area contributed by atoms with Crippen molar-refractivity contribution in [3.63, 3.8) is 0 Å². The van der Waals surface area contributed by atoms with Gasteiger partial charge >= 0.3 is 0 Å². The molecule has 0 N–H and O–H groups in total. The SMILES string of the molecule is CCn1nccc1C(=O)N1CCC(c2nnc(CN3CCCCC3)n2C)CC1. The van der Waals surface area contributed by atoms with Crippen LogP contribution in [-0.4, -0.2) is 66.4 Å². The van der Waals surface area contributed by atoms with Gasteiger partial charge in [-0.3, -0.25) is 14.4 Å². The summed E-state index contributed by atoms with van der Waals surface area (Å²) in [6.45, 7) is 7.45. The van der Waals surface area contributed by atoms with E-state index in [9.17, 15) is 4.79 Å². The average Bonchev–Trinajstić information content (AvgIpc) is 3.35. The highest BCUT2D eigenvalue weighted by atomic mass is 16.2. The van der Waals surface area contributed by atoms with E-state index in [2.05, 4.69) is 31.8 Å². The molecule has 8 heteroatoms. The van der Waals surface area contributed by atoms with Gasteiger partial charge in [-0.15, -0.1) is 10.2 Å². The van der Waals surface area contributed by atoms with Crippen molar-refractivity contribution in [3.05, 3.63) is 29.6 Å². The fourth-order valence-corrected chi connectivity index (χ4v) is 4.46. The third kappa shape index (κ3) is 3.83. The van der Waals surface area contributed by atoms with Crippen molar-refractivity contribution in [3.8, 4) is 0 Å². The van der Waals surface area contributed by atoms with Crippen LogP contribution in [0.2, 0.25) is 0 Å². The highest BCUT2D eigenvalue weighted by molar-refractivity contribution is 5.92. The maximum absolute atomic E-state index is 12.8. The average molecular weight is 386 g/mol. The van der Waals surface area contributed by atoms with E-state index in [1.807, 2.05) is 17.9 Å². The number of hydrogen-bond donors (Lipinski definition) is 0. The number of nitrogens with zero attached hydrogens (tertiary/aromatic N) is 7. The zero-order valence-electron chi connectivity index (χ0n) is 17.0. The molecule has 2 saturated heterocycles. The fourth-order valence-electron chi connectivity index (χ4n) is 4.46. The standard InChI is InChI=1S/C20H31N7O/c1-3-27-17(7-10-21-27)20(28)26-13-8-16(9-14-26)19-23-22-18(24(19)2)15-25-11-5-4-6-12-25/h7,10,16H,3-6,8-9,11-15H2,1-2H3. The van der Waals surface area contributed by atoms with E-state index in [0.29, 0.717) is 18.2 Å². The minimum absolute atomic E-state index is 0.0848. The van der Waals surface area contributed by atoms with Crippen LogP contribution in [-0.2, 0) is 20.1 Å². The van der Waals surface area contributed by atoms with Crippen molar-refractivity contribution in [2.75, 3.05) is 26.2 Å². The number of amides is 1. The lowest BCUT2D eigenvalue weighted by atomic mass is 9.95. The second-order valence-corrected chi connectivity index (χ2v) is 7.97. The summed E-state index contributed by atoms with van der Waals surface area (Å²) >= 11 is 0. The van der Waals surface area contributed by atoms with Crippen LogP contribution >= 0.6 is 0 Å². The lowest BCUT2D eigenvalue weighted by Crippen LogP contribution is -2.39. The Kier molecular flexibility index (Phi) is 5.75. The number of carbonyl (C=O) groups excluding carboxylic acids is 1. The Balaban J connectivity index is 1.37. The summed E-state index contributed by atoms with van der Waals surface area (Å²) in [5.41, 5.74) is 0.684. The Labute approximate surface area is 166 Å². The molecule has 2 aromatic heterocycles. The first-order valence-electron chi connectivity index (χ1n) is 10.6. The molecule has 0 bridgehead atoms. The second kappa shape index (κ2) is 8.43. The van der Waals surface area contributed by atoms with Gasteiger partial charge in [0.25, 0.3) is 5.91 Å². The second-order valence-electron chi connectivity index (χ2n) is 7.97. The van der Waals surface area contributed by atoms with Crippen LogP contribution in [0.1, 0.15) is 67.1 Å². The molecule has 0 radical (unpaired) electrons. The number of hydrogen-bond acceptors (Lipinski definition) is 5. The smallest absolute Gasteiger partial charge is 0.272 e. The van der Waals surface area contributed by atoms with Crippen molar-refractivity contribution in [1.29, 1.82) is 0 Å². The lowest BCUT2D eigenvalue weighted by Gasteiger charge is -2.31. The van der Waals surface area contributed by atoms with Gasteiger partial charge in [-0.05, 0) is 51.8 Å². The van der Waals surface area contributed by atoms with Crippen molar-refractivity contribution in [1.82, 2.24) is 34.3 Å². The molecule has 28 heavy (non-hydrogen) atoms. The van der Waals surface area contributed by atoms with Crippen LogP contribution in [0.5, 0.6) is 0 Å². The molecular formula is C20H31N7O. The van der Waals surface area contributed by atoms with Gasteiger partial charge in [0.2, 0.25) is 0 Å². The maximum Gasteiger partial charge on any atom is 0.272 e. The molecule has 0 aromatic carbocycles. The Morgan fingerprint density at radius 2 is 1.86 bits per heavy atom. The first-order valence-corrected chi connectivity index (χ1v) is 10.6. The van der Waals surface area contributed by atoms with Gasteiger partial charge in [0.1, 0.15) is 17.3 Å². The first kappa shape index (κ1) is 19.1. The molecule has 0 spiro atoms. The van der Waals surface area contributed by atoms with E-state index < -0.39 is 0 Å². The molecule has 2 aliphatic rings. The number of aromatic nitrogens is 5. The van der Waals surface area contributed by atoms with E-state index in [4.69, 9.17) is 0 Å². The first-order chi connectivity index (χ1) is 13.7. The molecule has 1 amide bonds. The van der Waals surface area contributed by atoms with Crippen LogP contribution in [0, 0.1) is 0 Å². The Morgan fingerprint density at radius 1 is 1.11 bits per heavy atom. The molecule has 2 aromatic rings. The summed E-state index contributed by atoms with van der Waals surface area (Å²) in [7, 11) is 2.09. The summed E-state index contributed by atoms with van der Waals surface area (Å²) in [6.07, 6.45) is 7.48. The molecule has 4 rings (SSSR count). The lowest BCUT2D eigenvalue weighted by molar-refractivity contribution is 0.0698. The number of likely N-dealkylation sites (tertiary alicyclic amines) is 2. The van der Waals surface area contributed by atoms with Crippen molar-refractivity contribution < 1.29 is 4.79 Å². The van der Waals surface area contributed by atoms with Gasteiger partial charge in [-0.1, -0.05) is 6.42 Å². The van der Waals surface area contributed by atoms with Gasteiger partial charge < -0.3 is 9.47 Å². The van der Waals surface area contributed by atoms with Crippen LogP contribution in [0.4, 0.5) is 0 Å². The molecule has 2 aliphatic heterocycles. The maximum atomic E-state index is 12.8. The minimum atomic E-state index is 0.0848. The Bertz CT molecular complexity index is 797. The number of aryl methyl sites for hydroxylation is 1. The zero-order valence-corrected chi connectivity index (χ0v) is 17.0. The van der Waals surface area contributed by atoms with E-state index in [-0.39, 0.29) is 5.91 Å². The molecular weight excluding hydrogens is 354 g/mol. The van der Waals surface area contributed by atoms with Crippen LogP contribution in [0.25, 0.3) is 0 Å². The molecule has 0 unspecified atom stereocenters. The highest BCUT2D eigenvalue weighted by Crippen LogP contribution is 2.28. The van der Waals surface area contributed by atoms with Crippen LogP contribution < -0.4 is 0 Å². The van der Waals surface area contributed by atoms with Crippen molar-refractivity contribution in [2.45, 2.75) is 58.0 Å². The largest absolute Gasteiger partial charge is 0.337 e. The number of piperidine rings is 2.